The molecule has 1 aromatic carbocycles. The van der Waals surface area contributed by atoms with Crippen molar-refractivity contribution in [3.05, 3.63) is 63.0 Å². The maximum absolute atomic E-state index is 12.1. The van der Waals surface area contributed by atoms with Gasteiger partial charge in [-0.25, -0.2) is 4.79 Å². The van der Waals surface area contributed by atoms with Crippen LogP contribution in [-0.2, 0) is 17.7 Å². The zero-order chi connectivity index (χ0) is 22.0. The van der Waals surface area contributed by atoms with E-state index in [1.54, 1.807) is 16.2 Å². The molecule has 1 aliphatic heterocycles. The van der Waals surface area contributed by atoms with Crippen molar-refractivity contribution in [3.63, 3.8) is 0 Å². The Kier molecular flexibility index (Phi) is 6.38. The standard InChI is InChI=1S/C22H24ClN5O2S/c1-4-27(5-2)22(29)30-11-10-15-12-17-20(16-8-6-7-9-18(16)23)24-13-19-26-25-14(3)28(19)21(17)31-15/h6-9,12H,4-5,10-11,13H2,1-3H3. The van der Waals surface area contributed by atoms with Crippen molar-refractivity contribution in [3.8, 4) is 5.00 Å². The van der Waals surface area contributed by atoms with E-state index in [1.807, 2.05) is 45.0 Å². The highest BCUT2D eigenvalue weighted by atomic mass is 35.5. The molecule has 0 bridgehead atoms. The number of ether oxygens (including phenoxy) is 1. The van der Waals surface area contributed by atoms with Crippen molar-refractivity contribution in [2.75, 3.05) is 19.7 Å². The number of fused-ring (bicyclic) bond motifs is 3. The van der Waals surface area contributed by atoms with Crippen LogP contribution in [0.1, 0.15) is 41.5 Å². The zero-order valence-corrected chi connectivity index (χ0v) is 19.3. The molecule has 0 spiro atoms. The number of hydrogen-bond acceptors (Lipinski definition) is 6. The minimum Gasteiger partial charge on any atom is -0.449 e. The van der Waals surface area contributed by atoms with Gasteiger partial charge in [-0.05, 0) is 32.9 Å². The molecule has 1 amide bonds. The Morgan fingerprint density at radius 1 is 1.23 bits per heavy atom. The van der Waals surface area contributed by atoms with Crippen LogP contribution in [0.25, 0.3) is 5.00 Å². The van der Waals surface area contributed by atoms with Crippen LogP contribution in [-0.4, -0.2) is 51.2 Å². The van der Waals surface area contributed by atoms with Crippen LogP contribution in [0.3, 0.4) is 0 Å². The summed E-state index contributed by atoms with van der Waals surface area (Å²) in [7, 11) is 0. The topological polar surface area (TPSA) is 72.6 Å². The fourth-order valence-corrected chi connectivity index (χ4v) is 5.02. The lowest BCUT2D eigenvalue weighted by atomic mass is 10.0. The zero-order valence-electron chi connectivity index (χ0n) is 17.8. The monoisotopic (exact) mass is 457 g/mol. The molecule has 31 heavy (non-hydrogen) atoms. The molecule has 0 fully saturated rings. The van der Waals surface area contributed by atoms with Crippen LogP contribution in [0.4, 0.5) is 4.79 Å². The Hall–Kier alpha value is -2.71. The van der Waals surface area contributed by atoms with Gasteiger partial charge in [-0.2, -0.15) is 0 Å². The summed E-state index contributed by atoms with van der Waals surface area (Å²) in [6, 6.07) is 9.83. The van der Waals surface area contributed by atoms with Crippen LogP contribution >= 0.6 is 22.9 Å². The molecule has 0 atom stereocenters. The van der Waals surface area contributed by atoms with Gasteiger partial charge in [-0.15, -0.1) is 21.5 Å². The predicted octanol–water partition coefficient (Wildman–Crippen LogP) is 4.66. The Bertz CT molecular complexity index is 1130. The SMILES string of the molecule is CCN(CC)C(=O)OCCc1cc2c(s1)-n1c(C)nnc1CN=C2c1ccccc1Cl. The molecule has 4 rings (SSSR count). The number of carbonyl (C=O) groups excluding carboxylic acids is 1. The van der Waals surface area contributed by atoms with E-state index < -0.39 is 0 Å². The first-order valence-electron chi connectivity index (χ1n) is 10.3. The number of thiophene rings is 1. The van der Waals surface area contributed by atoms with Gasteiger partial charge < -0.3 is 9.64 Å². The van der Waals surface area contributed by atoms with E-state index in [9.17, 15) is 4.79 Å². The van der Waals surface area contributed by atoms with E-state index >= 15 is 0 Å². The first kappa shape index (κ1) is 21.5. The van der Waals surface area contributed by atoms with Crippen LogP contribution in [0.5, 0.6) is 0 Å². The third kappa shape index (κ3) is 4.22. The van der Waals surface area contributed by atoms with Crippen molar-refractivity contribution in [2.45, 2.75) is 33.7 Å². The highest BCUT2D eigenvalue weighted by molar-refractivity contribution is 7.15. The molecule has 162 valence electrons. The van der Waals surface area contributed by atoms with Crippen LogP contribution in [0.15, 0.2) is 35.3 Å². The molecule has 3 aromatic rings. The first-order valence-corrected chi connectivity index (χ1v) is 11.5. The highest BCUT2D eigenvalue weighted by Gasteiger charge is 2.25. The molecule has 3 heterocycles. The quantitative estimate of drug-likeness (QED) is 0.539. The van der Waals surface area contributed by atoms with Crippen LogP contribution in [0, 0.1) is 6.92 Å². The lowest BCUT2D eigenvalue weighted by molar-refractivity contribution is 0.107. The van der Waals surface area contributed by atoms with Gasteiger partial charge in [0.15, 0.2) is 5.82 Å². The minimum absolute atomic E-state index is 0.279. The lowest BCUT2D eigenvalue weighted by Gasteiger charge is -2.17. The summed E-state index contributed by atoms with van der Waals surface area (Å²) in [4.78, 5) is 19.7. The molecule has 2 aromatic heterocycles. The van der Waals surface area contributed by atoms with Crippen molar-refractivity contribution in [1.82, 2.24) is 19.7 Å². The molecule has 0 aliphatic carbocycles. The highest BCUT2D eigenvalue weighted by Crippen LogP contribution is 2.34. The second kappa shape index (κ2) is 9.20. The van der Waals surface area contributed by atoms with Crippen molar-refractivity contribution in [1.29, 1.82) is 0 Å². The van der Waals surface area contributed by atoms with E-state index in [0.29, 0.717) is 37.7 Å². The average molecular weight is 458 g/mol. The summed E-state index contributed by atoms with van der Waals surface area (Å²) < 4.78 is 7.52. The van der Waals surface area contributed by atoms with Gasteiger partial charge in [0.05, 0.1) is 12.3 Å². The fraction of sp³-hybridized carbons (Fsp3) is 0.364. The van der Waals surface area contributed by atoms with Crippen LogP contribution in [0.2, 0.25) is 5.02 Å². The Balaban J connectivity index is 1.66. The van der Waals surface area contributed by atoms with E-state index in [4.69, 9.17) is 21.3 Å². The number of benzene rings is 1. The van der Waals surface area contributed by atoms with Gasteiger partial charge in [-0.3, -0.25) is 9.56 Å². The summed E-state index contributed by atoms with van der Waals surface area (Å²) in [5.74, 6) is 1.61. The maximum atomic E-state index is 12.1. The van der Waals surface area contributed by atoms with Crippen LogP contribution < -0.4 is 0 Å². The van der Waals surface area contributed by atoms with Gasteiger partial charge in [0, 0.05) is 40.5 Å². The summed E-state index contributed by atoms with van der Waals surface area (Å²) >= 11 is 8.14. The number of nitrogens with zero attached hydrogens (tertiary/aromatic N) is 5. The molecular formula is C22H24ClN5O2S. The van der Waals surface area contributed by atoms with Gasteiger partial charge in [0.25, 0.3) is 0 Å². The molecule has 0 saturated heterocycles. The first-order chi connectivity index (χ1) is 15.0. The smallest absolute Gasteiger partial charge is 0.409 e. The third-order valence-electron chi connectivity index (χ3n) is 5.22. The number of amides is 1. The molecule has 0 saturated carbocycles. The molecule has 9 heteroatoms. The summed E-state index contributed by atoms with van der Waals surface area (Å²) in [6.45, 7) is 7.84. The summed E-state index contributed by atoms with van der Waals surface area (Å²) in [6.07, 6.45) is 0.343. The molecule has 1 aliphatic rings. The normalized spacial score (nSPS) is 12.6. The fourth-order valence-electron chi connectivity index (χ4n) is 3.59. The molecular weight excluding hydrogens is 434 g/mol. The Morgan fingerprint density at radius 3 is 2.74 bits per heavy atom. The number of halogens is 1. The van der Waals surface area contributed by atoms with Crippen molar-refractivity contribution in [2.24, 2.45) is 4.99 Å². The third-order valence-corrected chi connectivity index (χ3v) is 6.73. The lowest BCUT2D eigenvalue weighted by Crippen LogP contribution is -2.31. The largest absolute Gasteiger partial charge is 0.449 e. The number of hydrogen-bond donors (Lipinski definition) is 0. The predicted molar refractivity (Wildman–Crippen MR) is 123 cm³/mol. The second-order valence-electron chi connectivity index (χ2n) is 7.11. The number of rotatable bonds is 6. The molecule has 7 nitrogen and oxygen atoms in total. The average Bonchev–Trinajstić information content (AvgIpc) is 3.29. The number of aryl methyl sites for hydroxylation is 1. The summed E-state index contributed by atoms with van der Waals surface area (Å²) in [5, 5.41) is 10.2. The van der Waals surface area contributed by atoms with E-state index in [1.165, 1.54) is 0 Å². The number of carbonyl (C=O) groups is 1. The second-order valence-corrected chi connectivity index (χ2v) is 8.63. The number of aromatic nitrogens is 3. The molecule has 0 unspecified atom stereocenters. The van der Waals surface area contributed by atoms with E-state index in [0.717, 1.165) is 38.4 Å². The molecule has 0 N–H and O–H groups in total. The van der Waals surface area contributed by atoms with Gasteiger partial charge >= 0.3 is 6.09 Å². The van der Waals surface area contributed by atoms with Crippen molar-refractivity contribution >= 4 is 34.7 Å². The van der Waals surface area contributed by atoms with Gasteiger partial charge in [0.2, 0.25) is 0 Å². The minimum atomic E-state index is -0.279. The molecule has 0 radical (unpaired) electrons. The van der Waals surface area contributed by atoms with E-state index in [2.05, 4.69) is 20.8 Å². The van der Waals surface area contributed by atoms with E-state index in [-0.39, 0.29) is 6.09 Å². The Morgan fingerprint density at radius 2 is 2.00 bits per heavy atom. The number of aliphatic imine (C=N–C) groups is 1. The maximum Gasteiger partial charge on any atom is 0.409 e. The van der Waals surface area contributed by atoms with Gasteiger partial charge in [0.1, 0.15) is 17.4 Å². The summed E-state index contributed by atoms with van der Waals surface area (Å²) in [5.41, 5.74) is 2.72. The Labute approximate surface area is 190 Å². The van der Waals surface area contributed by atoms with Gasteiger partial charge in [-0.1, -0.05) is 29.8 Å². The van der Waals surface area contributed by atoms with Crippen molar-refractivity contribution < 1.29 is 9.53 Å².